The second-order valence-corrected chi connectivity index (χ2v) is 3.80. The largest absolute Gasteiger partial charge is 0.359 e. The topological polar surface area (TPSA) is 61.9 Å². The molecule has 88 valence electrons. The number of rotatable bonds is 4. The zero-order valence-electron chi connectivity index (χ0n) is 9.63. The van der Waals surface area contributed by atoms with Crippen LogP contribution < -0.4 is 10.5 Å². The Morgan fingerprint density at radius 2 is 2.12 bits per heavy atom. The van der Waals surface area contributed by atoms with E-state index in [1.54, 1.807) is 12.4 Å². The van der Waals surface area contributed by atoms with Crippen LogP contribution in [0, 0.1) is 0 Å². The van der Waals surface area contributed by atoms with Crippen LogP contribution in [0.15, 0.2) is 41.7 Å². The van der Waals surface area contributed by atoms with Gasteiger partial charge in [0.15, 0.2) is 0 Å². The molecule has 17 heavy (non-hydrogen) atoms. The van der Waals surface area contributed by atoms with Gasteiger partial charge in [0, 0.05) is 32.1 Å². The minimum Gasteiger partial charge on any atom is -0.359 e. The molecule has 0 saturated carbocycles. The Morgan fingerprint density at radius 1 is 1.35 bits per heavy atom. The van der Waals surface area contributed by atoms with Crippen molar-refractivity contribution in [3.63, 3.8) is 0 Å². The zero-order chi connectivity index (χ0) is 12.1. The summed E-state index contributed by atoms with van der Waals surface area (Å²) < 4.78 is 0. The minimum atomic E-state index is -0.134. The smallest absolute Gasteiger partial charge is 0.252 e. The highest BCUT2D eigenvalue weighted by Gasteiger charge is 2.02. The molecular formula is C12H14N4O. The van der Waals surface area contributed by atoms with E-state index in [9.17, 15) is 4.79 Å². The van der Waals surface area contributed by atoms with Crippen LogP contribution in [0.3, 0.4) is 0 Å². The van der Waals surface area contributed by atoms with E-state index < -0.39 is 0 Å². The lowest BCUT2D eigenvalue weighted by atomic mass is 10.2. The number of aromatic amines is 1. The summed E-state index contributed by atoms with van der Waals surface area (Å²) in [6.07, 6.45) is 5.87. The molecule has 0 unspecified atom stereocenters. The first-order valence-electron chi connectivity index (χ1n) is 5.40. The van der Waals surface area contributed by atoms with Crippen LogP contribution >= 0.6 is 0 Å². The summed E-state index contributed by atoms with van der Waals surface area (Å²) in [5.74, 6) is 0.683. The fraction of sp³-hybridized carbons (Fsp3) is 0.250. The second-order valence-electron chi connectivity index (χ2n) is 3.80. The number of hydrogen-bond acceptors (Lipinski definition) is 4. The summed E-state index contributed by atoms with van der Waals surface area (Å²) in [5.41, 5.74) is 1.09. The third-order valence-corrected chi connectivity index (χ3v) is 2.54. The molecule has 5 heteroatoms. The van der Waals surface area contributed by atoms with Gasteiger partial charge in [-0.2, -0.15) is 0 Å². The fourth-order valence-corrected chi connectivity index (χ4v) is 1.53. The Bertz CT molecular complexity index is 523. The Kier molecular flexibility index (Phi) is 3.49. The van der Waals surface area contributed by atoms with Crippen molar-refractivity contribution in [3.05, 3.63) is 52.8 Å². The summed E-state index contributed by atoms with van der Waals surface area (Å²) in [6, 6.07) is 5.46. The van der Waals surface area contributed by atoms with Crippen LogP contribution in [0.2, 0.25) is 0 Å². The molecule has 0 radical (unpaired) electrons. The van der Waals surface area contributed by atoms with Gasteiger partial charge in [-0.1, -0.05) is 0 Å². The molecule has 5 nitrogen and oxygen atoms in total. The van der Waals surface area contributed by atoms with Crippen molar-refractivity contribution >= 4 is 5.82 Å². The number of H-pyrrole nitrogens is 1. The molecule has 2 heterocycles. The predicted octanol–water partition coefficient (Wildman–Crippen LogP) is 0.844. The highest BCUT2D eigenvalue weighted by Crippen LogP contribution is 2.05. The first kappa shape index (κ1) is 11.3. The number of aromatic nitrogens is 3. The van der Waals surface area contributed by atoms with E-state index in [0.29, 0.717) is 5.82 Å². The average Bonchev–Trinajstić information content (AvgIpc) is 2.37. The number of nitrogens with one attached hydrogen (secondary N) is 1. The lowest BCUT2D eigenvalue weighted by Gasteiger charge is -2.17. The van der Waals surface area contributed by atoms with Crippen molar-refractivity contribution in [1.82, 2.24) is 15.0 Å². The molecule has 0 bridgehead atoms. The van der Waals surface area contributed by atoms with E-state index >= 15 is 0 Å². The molecule has 2 aromatic heterocycles. The van der Waals surface area contributed by atoms with Crippen LogP contribution in [0.1, 0.15) is 5.56 Å². The summed E-state index contributed by atoms with van der Waals surface area (Å²) >= 11 is 0. The van der Waals surface area contributed by atoms with E-state index in [1.807, 2.05) is 24.1 Å². The summed E-state index contributed by atoms with van der Waals surface area (Å²) in [7, 11) is 1.92. The van der Waals surface area contributed by atoms with E-state index in [4.69, 9.17) is 0 Å². The van der Waals surface area contributed by atoms with Crippen molar-refractivity contribution in [2.75, 3.05) is 18.5 Å². The maximum absolute atomic E-state index is 11.1. The average molecular weight is 230 g/mol. The maximum atomic E-state index is 11.1. The van der Waals surface area contributed by atoms with E-state index in [0.717, 1.165) is 13.0 Å². The Balaban J connectivity index is 1.98. The van der Waals surface area contributed by atoms with Gasteiger partial charge in [-0.3, -0.25) is 9.78 Å². The summed E-state index contributed by atoms with van der Waals surface area (Å²) in [5, 5.41) is 0. The summed E-state index contributed by atoms with van der Waals surface area (Å²) in [6.45, 7) is 0.806. The first-order chi connectivity index (χ1) is 8.25. The van der Waals surface area contributed by atoms with Crippen molar-refractivity contribution in [2.24, 2.45) is 0 Å². The Labute approximate surface area is 99.2 Å². The van der Waals surface area contributed by atoms with Crippen molar-refractivity contribution in [1.29, 1.82) is 0 Å². The van der Waals surface area contributed by atoms with Gasteiger partial charge in [0.05, 0.1) is 6.33 Å². The number of nitrogens with zero attached hydrogens (tertiary/aromatic N) is 3. The van der Waals surface area contributed by atoms with Gasteiger partial charge in [-0.25, -0.2) is 4.98 Å². The third kappa shape index (κ3) is 3.14. The van der Waals surface area contributed by atoms with Gasteiger partial charge in [0.1, 0.15) is 5.82 Å². The van der Waals surface area contributed by atoms with Crippen LogP contribution in [-0.4, -0.2) is 28.5 Å². The standard InChI is InChI=1S/C12H14N4O/c1-16(11-8-12(17)15-9-14-11)7-4-10-2-5-13-6-3-10/h2-3,5-6,8-9H,4,7H2,1H3,(H,14,15,17). The van der Waals surface area contributed by atoms with Crippen LogP contribution in [0.25, 0.3) is 0 Å². The van der Waals surface area contributed by atoms with Gasteiger partial charge in [-0.15, -0.1) is 0 Å². The van der Waals surface area contributed by atoms with Crippen molar-refractivity contribution in [3.8, 4) is 0 Å². The molecule has 0 saturated heterocycles. The SMILES string of the molecule is CN(CCc1ccncc1)c1cc(=O)[nH]cn1. The van der Waals surface area contributed by atoms with Gasteiger partial charge in [-0.05, 0) is 24.1 Å². The van der Waals surface area contributed by atoms with E-state index in [1.165, 1.54) is 18.0 Å². The van der Waals surface area contributed by atoms with Crippen molar-refractivity contribution in [2.45, 2.75) is 6.42 Å². The lowest BCUT2D eigenvalue weighted by molar-refractivity contribution is 0.851. The first-order valence-corrected chi connectivity index (χ1v) is 5.40. The van der Waals surface area contributed by atoms with Gasteiger partial charge in [0.2, 0.25) is 0 Å². The second kappa shape index (κ2) is 5.25. The number of likely N-dealkylation sites (N-methyl/N-ethyl adjacent to an activating group) is 1. The molecule has 0 aliphatic rings. The molecule has 2 rings (SSSR count). The van der Waals surface area contributed by atoms with Crippen LogP contribution in [0.5, 0.6) is 0 Å². The number of hydrogen-bond donors (Lipinski definition) is 1. The molecule has 0 aromatic carbocycles. The zero-order valence-corrected chi connectivity index (χ0v) is 9.63. The van der Waals surface area contributed by atoms with Crippen LogP contribution in [-0.2, 0) is 6.42 Å². The lowest BCUT2D eigenvalue weighted by Crippen LogP contribution is -2.23. The van der Waals surface area contributed by atoms with E-state index in [2.05, 4.69) is 15.0 Å². The maximum Gasteiger partial charge on any atom is 0.252 e. The fourth-order valence-electron chi connectivity index (χ4n) is 1.53. The van der Waals surface area contributed by atoms with Crippen molar-refractivity contribution < 1.29 is 0 Å². The Morgan fingerprint density at radius 3 is 2.82 bits per heavy atom. The third-order valence-electron chi connectivity index (χ3n) is 2.54. The molecule has 0 amide bonds. The molecule has 0 spiro atoms. The quantitative estimate of drug-likeness (QED) is 0.845. The number of pyridine rings is 1. The monoisotopic (exact) mass is 230 g/mol. The predicted molar refractivity (Wildman–Crippen MR) is 66.1 cm³/mol. The molecule has 0 aliphatic carbocycles. The molecule has 2 aromatic rings. The molecule has 0 fully saturated rings. The normalized spacial score (nSPS) is 10.2. The molecule has 1 N–H and O–H groups in total. The highest BCUT2D eigenvalue weighted by molar-refractivity contribution is 5.35. The van der Waals surface area contributed by atoms with Gasteiger partial charge >= 0.3 is 0 Å². The van der Waals surface area contributed by atoms with E-state index in [-0.39, 0.29) is 5.56 Å². The van der Waals surface area contributed by atoms with Gasteiger partial charge < -0.3 is 9.88 Å². The highest BCUT2D eigenvalue weighted by atomic mass is 16.1. The number of anilines is 1. The van der Waals surface area contributed by atoms with Crippen LogP contribution in [0.4, 0.5) is 5.82 Å². The molecular weight excluding hydrogens is 216 g/mol. The molecule has 0 atom stereocenters. The van der Waals surface area contributed by atoms with Gasteiger partial charge in [0.25, 0.3) is 5.56 Å². The minimum absolute atomic E-state index is 0.134. The Hall–Kier alpha value is -2.17. The summed E-state index contributed by atoms with van der Waals surface area (Å²) in [4.78, 5) is 23.7. The molecule has 0 aliphatic heterocycles.